The van der Waals surface area contributed by atoms with Crippen molar-refractivity contribution in [3.05, 3.63) is 34.3 Å². The molecular formula is C21H29BrN2O4S. The third-order valence-electron chi connectivity index (χ3n) is 5.91. The first-order chi connectivity index (χ1) is 13.8. The molecule has 2 saturated heterocycles. The zero-order valence-corrected chi connectivity index (χ0v) is 19.3. The van der Waals surface area contributed by atoms with E-state index in [4.69, 9.17) is 0 Å². The van der Waals surface area contributed by atoms with Crippen LogP contribution in [0.4, 0.5) is 0 Å². The Balaban J connectivity index is 1.61. The maximum absolute atomic E-state index is 13.2. The van der Waals surface area contributed by atoms with Crippen LogP contribution in [-0.2, 0) is 14.6 Å². The molecule has 0 aliphatic carbocycles. The third kappa shape index (κ3) is 5.60. The summed E-state index contributed by atoms with van der Waals surface area (Å²) in [6.07, 6.45) is 3.64. The van der Waals surface area contributed by atoms with E-state index in [-0.39, 0.29) is 35.3 Å². The highest BCUT2D eigenvalue weighted by molar-refractivity contribution is 9.10. The average molecular weight is 485 g/mol. The number of halogens is 1. The van der Waals surface area contributed by atoms with E-state index in [2.05, 4.69) is 22.9 Å². The van der Waals surface area contributed by atoms with Crippen LogP contribution >= 0.6 is 15.9 Å². The van der Waals surface area contributed by atoms with E-state index in [0.717, 1.165) is 17.3 Å². The molecule has 2 aliphatic heterocycles. The zero-order chi connectivity index (χ0) is 21.0. The Morgan fingerprint density at radius 3 is 2.34 bits per heavy atom. The lowest BCUT2D eigenvalue weighted by Crippen LogP contribution is -2.48. The van der Waals surface area contributed by atoms with Crippen LogP contribution in [0.2, 0.25) is 0 Å². The molecule has 3 rings (SSSR count). The first-order valence-corrected chi connectivity index (χ1v) is 13.0. The van der Waals surface area contributed by atoms with Crippen LogP contribution in [0.5, 0.6) is 0 Å². The Hall–Kier alpha value is -1.41. The maximum atomic E-state index is 13.2. The van der Waals surface area contributed by atoms with Gasteiger partial charge < -0.3 is 9.80 Å². The summed E-state index contributed by atoms with van der Waals surface area (Å²) >= 11 is 3.38. The van der Waals surface area contributed by atoms with Crippen LogP contribution in [0.25, 0.3) is 0 Å². The number of nitrogens with zero attached hydrogens (tertiary/aromatic N) is 2. The number of sulfone groups is 1. The highest BCUT2D eigenvalue weighted by Crippen LogP contribution is 2.26. The van der Waals surface area contributed by atoms with Crippen molar-refractivity contribution < 1.29 is 18.0 Å². The van der Waals surface area contributed by atoms with E-state index >= 15 is 0 Å². The smallest absolute Gasteiger partial charge is 0.253 e. The molecule has 0 radical (unpaired) electrons. The monoisotopic (exact) mass is 484 g/mol. The predicted molar refractivity (Wildman–Crippen MR) is 116 cm³/mol. The van der Waals surface area contributed by atoms with Crippen molar-refractivity contribution in [2.45, 2.75) is 45.1 Å². The summed E-state index contributed by atoms with van der Waals surface area (Å²) in [5.74, 6) is 0.186. The van der Waals surface area contributed by atoms with E-state index in [1.165, 1.54) is 0 Å². The summed E-state index contributed by atoms with van der Waals surface area (Å²) in [5, 5.41) is 0. The molecule has 2 aliphatic rings. The molecule has 1 aromatic carbocycles. The molecular weight excluding hydrogens is 456 g/mol. The van der Waals surface area contributed by atoms with Gasteiger partial charge in [-0.1, -0.05) is 29.3 Å². The van der Waals surface area contributed by atoms with Gasteiger partial charge in [0.15, 0.2) is 9.84 Å². The largest absolute Gasteiger partial charge is 0.339 e. The van der Waals surface area contributed by atoms with Gasteiger partial charge in [0.05, 0.1) is 11.5 Å². The molecule has 2 heterocycles. The second-order valence-corrected chi connectivity index (χ2v) is 11.2. The van der Waals surface area contributed by atoms with Crippen LogP contribution in [0, 0.1) is 5.92 Å². The van der Waals surface area contributed by atoms with Gasteiger partial charge in [-0.05, 0) is 49.9 Å². The molecule has 29 heavy (non-hydrogen) atoms. The van der Waals surface area contributed by atoms with Gasteiger partial charge in [-0.3, -0.25) is 9.59 Å². The van der Waals surface area contributed by atoms with Crippen molar-refractivity contribution in [1.82, 2.24) is 9.80 Å². The van der Waals surface area contributed by atoms with Crippen LogP contribution in [0.3, 0.4) is 0 Å². The number of rotatable bonds is 6. The number of likely N-dealkylation sites (tertiary alicyclic amines) is 1. The molecule has 0 bridgehead atoms. The number of carbonyl (C=O) groups is 2. The number of hydrogen-bond donors (Lipinski definition) is 0. The number of hydrogen-bond acceptors (Lipinski definition) is 4. The molecule has 8 heteroatoms. The van der Waals surface area contributed by atoms with Crippen molar-refractivity contribution in [2.24, 2.45) is 5.92 Å². The summed E-state index contributed by atoms with van der Waals surface area (Å²) in [4.78, 5) is 29.5. The van der Waals surface area contributed by atoms with Gasteiger partial charge in [0.1, 0.15) is 0 Å². The molecule has 1 atom stereocenters. The molecule has 2 fully saturated rings. The van der Waals surface area contributed by atoms with E-state index < -0.39 is 9.84 Å². The molecule has 0 aromatic heterocycles. The molecule has 6 nitrogen and oxygen atoms in total. The fourth-order valence-corrected chi connectivity index (χ4v) is 6.16. The van der Waals surface area contributed by atoms with Crippen LogP contribution in [-0.4, -0.2) is 67.2 Å². The van der Waals surface area contributed by atoms with Crippen LogP contribution in [0.1, 0.15) is 49.4 Å². The van der Waals surface area contributed by atoms with Crippen LogP contribution in [0.15, 0.2) is 28.7 Å². The number of unbranched alkanes of at least 4 members (excludes halogenated alkanes) is 1. The lowest BCUT2D eigenvalue weighted by Gasteiger charge is -2.36. The van der Waals surface area contributed by atoms with Gasteiger partial charge in [-0.15, -0.1) is 0 Å². The van der Waals surface area contributed by atoms with Crippen LogP contribution < -0.4 is 0 Å². The van der Waals surface area contributed by atoms with E-state index in [1.54, 1.807) is 12.1 Å². The van der Waals surface area contributed by atoms with Crippen molar-refractivity contribution in [3.8, 4) is 0 Å². The second kappa shape index (κ2) is 9.60. The summed E-state index contributed by atoms with van der Waals surface area (Å²) in [6, 6.07) is 7.12. The van der Waals surface area contributed by atoms with E-state index in [0.29, 0.717) is 44.5 Å². The van der Waals surface area contributed by atoms with Gasteiger partial charge in [0, 0.05) is 41.6 Å². The van der Waals surface area contributed by atoms with Gasteiger partial charge in [-0.2, -0.15) is 0 Å². The molecule has 1 aromatic rings. The number of piperidine rings is 1. The van der Waals surface area contributed by atoms with Gasteiger partial charge in [0.25, 0.3) is 5.91 Å². The molecule has 1 unspecified atom stereocenters. The highest BCUT2D eigenvalue weighted by atomic mass is 79.9. The van der Waals surface area contributed by atoms with Gasteiger partial charge >= 0.3 is 0 Å². The summed E-state index contributed by atoms with van der Waals surface area (Å²) in [6.45, 7) is 3.79. The zero-order valence-electron chi connectivity index (χ0n) is 16.8. The van der Waals surface area contributed by atoms with Crippen molar-refractivity contribution >= 4 is 37.6 Å². The predicted octanol–water partition coefficient (Wildman–Crippen LogP) is 3.12. The minimum Gasteiger partial charge on any atom is -0.339 e. The molecule has 0 spiro atoms. The third-order valence-corrected chi connectivity index (χ3v) is 8.19. The minimum absolute atomic E-state index is 0.00637. The number of benzene rings is 1. The Labute approximate surface area is 181 Å². The SMILES string of the molecule is CCCCN(C(=O)C1CCN(C(=O)c2ccc(Br)cc2)CC1)C1CCS(=O)(=O)C1. The molecule has 2 amide bonds. The highest BCUT2D eigenvalue weighted by Gasteiger charge is 2.38. The van der Waals surface area contributed by atoms with Gasteiger partial charge in [0.2, 0.25) is 5.91 Å². The summed E-state index contributed by atoms with van der Waals surface area (Å²) in [7, 11) is -3.03. The first-order valence-electron chi connectivity index (χ1n) is 10.4. The van der Waals surface area contributed by atoms with Crippen molar-refractivity contribution in [3.63, 3.8) is 0 Å². The first kappa shape index (κ1) is 22.3. The fraction of sp³-hybridized carbons (Fsp3) is 0.619. The van der Waals surface area contributed by atoms with Gasteiger partial charge in [-0.25, -0.2) is 8.42 Å². The standard InChI is InChI=1S/C21H29BrN2O4S/c1-2-3-11-24(19-10-14-29(27,28)15-19)21(26)17-8-12-23(13-9-17)20(25)16-4-6-18(22)7-5-16/h4-7,17,19H,2-3,8-15H2,1H3. The number of carbonyl (C=O) groups excluding carboxylic acids is 2. The van der Waals surface area contributed by atoms with Crippen molar-refractivity contribution in [2.75, 3.05) is 31.1 Å². The molecule has 160 valence electrons. The molecule has 0 N–H and O–H groups in total. The quantitative estimate of drug-likeness (QED) is 0.621. The average Bonchev–Trinajstić information content (AvgIpc) is 3.07. The second-order valence-electron chi connectivity index (χ2n) is 8.02. The topological polar surface area (TPSA) is 74.8 Å². The Bertz CT molecular complexity index is 833. The lowest BCUT2D eigenvalue weighted by atomic mass is 9.94. The summed E-state index contributed by atoms with van der Waals surface area (Å²) in [5.41, 5.74) is 0.652. The fourth-order valence-electron chi connectivity index (χ4n) is 4.16. The maximum Gasteiger partial charge on any atom is 0.253 e. The Morgan fingerprint density at radius 2 is 1.79 bits per heavy atom. The lowest BCUT2D eigenvalue weighted by molar-refractivity contribution is -0.139. The molecule has 0 saturated carbocycles. The van der Waals surface area contributed by atoms with Crippen molar-refractivity contribution in [1.29, 1.82) is 0 Å². The minimum atomic E-state index is -3.03. The Kier molecular flexibility index (Phi) is 7.37. The normalized spacial score (nSPS) is 21.9. The van der Waals surface area contributed by atoms with E-state index in [1.807, 2.05) is 21.9 Å². The Morgan fingerprint density at radius 1 is 1.14 bits per heavy atom. The van der Waals surface area contributed by atoms with E-state index in [9.17, 15) is 18.0 Å². The summed E-state index contributed by atoms with van der Waals surface area (Å²) < 4.78 is 24.7. The number of amides is 2.